The maximum Gasteiger partial charge on any atom is 0.260 e. The molecule has 6 nitrogen and oxygen atoms in total. The Balaban J connectivity index is 2.87. The predicted molar refractivity (Wildman–Crippen MR) is 78.9 cm³/mol. The molecule has 1 aromatic rings. The van der Waals surface area contributed by atoms with Crippen LogP contribution in [-0.2, 0) is 14.8 Å². The molecule has 0 aliphatic carbocycles. The van der Waals surface area contributed by atoms with Gasteiger partial charge in [-0.15, -0.1) is 0 Å². The molecule has 1 amide bonds. The molecule has 0 heterocycles. The largest absolute Gasteiger partial charge is 0.480 e. The average Bonchev–Trinajstić information content (AvgIpc) is 2.29. The van der Waals surface area contributed by atoms with Crippen molar-refractivity contribution in [1.29, 1.82) is 0 Å². The Morgan fingerprint density at radius 2 is 1.95 bits per heavy atom. The maximum absolute atomic E-state index is 11.7. The van der Waals surface area contributed by atoms with Gasteiger partial charge in [0.1, 0.15) is 5.75 Å². The van der Waals surface area contributed by atoms with Gasteiger partial charge in [-0.3, -0.25) is 4.79 Å². The second-order valence-electron chi connectivity index (χ2n) is 4.56. The van der Waals surface area contributed by atoms with Gasteiger partial charge in [-0.05, 0) is 54.9 Å². The summed E-state index contributed by atoms with van der Waals surface area (Å²) in [6.07, 6.45) is -0.700. The quantitative estimate of drug-likeness (QED) is 0.824. The van der Waals surface area contributed by atoms with E-state index in [1.54, 1.807) is 6.92 Å². The number of carbonyl (C=O) groups is 1. The number of amides is 1. The molecule has 1 unspecified atom stereocenters. The van der Waals surface area contributed by atoms with Crippen LogP contribution in [0.25, 0.3) is 0 Å². The first-order chi connectivity index (χ1) is 9.11. The number of nitrogens with two attached hydrogens (primary N) is 1. The van der Waals surface area contributed by atoms with Crippen molar-refractivity contribution in [3.8, 4) is 5.75 Å². The van der Waals surface area contributed by atoms with Crippen LogP contribution in [0.4, 0.5) is 0 Å². The highest BCUT2D eigenvalue weighted by Gasteiger charge is 2.18. The van der Waals surface area contributed by atoms with Crippen LogP contribution in [0, 0.1) is 0 Å². The van der Waals surface area contributed by atoms with Gasteiger partial charge in [0.05, 0.1) is 9.37 Å². The van der Waals surface area contributed by atoms with Crippen LogP contribution in [0.15, 0.2) is 27.6 Å². The van der Waals surface area contributed by atoms with E-state index in [9.17, 15) is 13.2 Å². The maximum atomic E-state index is 11.7. The SMILES string of the molecule is CC(C)NC(=O)C(C)Oc1ccc(S(N)(=O)=O)cc1Br. The van der Waals surface area contributed by atoms with Crippen molar-refractivity contribution in [3.05, 3.63) is 22.7 Å². The lowest BCUT2D eigenvalue weighted by molar-refractivity contribution is -0.127. The molecule has 0 radical (unpaired) electrons. The molecular formula is C12H17BrN2O4S. The molecular weight excluding hydrogens is 348 g/mol. The summed E-state index contributed by atoms with van der Waals surface area (Å²) in [4.78, 5) is 11.7. The summed E-state index contributed by atoms with van der Waals surface area (Å²) in [7, 11) is -3.77. The molecule has 0 saturated carbocycles. The van der Waals surface area contributed by atoms with Crippen LogP contribution >= 0.6 is 15.9 Å². The topological polar surface area (TPSA) is 98.5 Å². The molecule has 3 N–H and O–H groups in total. The highest BCUT2D eigenvalue weighted by Crippen LogP contribution is 2.28. The third-order valence-electron chi connectivity index (χ3n) is 2.34. The number of primary sulfonamides is 1. The first-order valence-electron chi connectivity index (χ1n) is 5.90. The van der Waals surface area contributed by atoms with E-state index in [1.165, 1.54) is 18.2 Å². The number of benzene rings is 1. The minimum absolute atomic E-state index is 0.0155. The Bertz CT molecular complexity index is 601. The van der Waals surface area contributed by atoms with Gasteiger partial charge in [-0.1, -0.05) is 0 Å². The van der Waals surface area contributed by atoms with E-state index in [4.69, 9.17) is 9.88 Å². The Morgan fingerprint density at radius 1 is 1.35 bits per heavy atom. The fourth-order valence-electron chi connectivity index (χ4n) is 1.40. The molecule has 0 spiro atoms. The summed E-state index contributed by atoms with van der Waals surface area (Å²) in [5.74, 6) is 0.117. The normalized spacial score (nSPS) is 13.1. The predicted octanol–water partition coefficient (Wildman–Crippen LogP) is 1.39. The van der Waals surface area contributed by atoms with E-state index in [0.29, 0.717) is 10.2 Å². The number of halogens is 1. The lowest BCUT2D eigenvalue weighted by atomic mass is 10.3. The van der Waals surface area contributed by atoms with Crippen LogP contribution in [0.5, 0.6) is 5.75 Å². The molecule has 8 heteroatoms. The molecule has 0 bridgehead atoms. The number of rotatable bonds is 5. The van der Waals surface area contributed by atoms with E-state index in [2.05, 4.69) is 21.2 Å². The first-order valence-corrected chi connectivity index (χ1v) is 8.24. The fraction of sp³-hybridized carbons (Fsp3) is 0.417. The molecule has 1 atom stereocenters. The third kappa shape index (κ3) is 4.77. The second kappa shape index (κ2) is 6.55. The zero-order valence-electron chi connectivity index (χ0n) is 11.4. The molecule has 20 heavy (non-hydrogen) atoms. The van der Waals surface area contributed by atoms with Crippen LogP contribution in [-0.4, -0.2) is 26.5 Å². The highest BCUT2D eigenvalue weighted by molar-refractivity contribution is 9.10. The minimum Gasteiger partial charge on any atom is -0.480 e. The summed E-state index contributed by atoms with van der Waals surface area (Å²) < 4.78 is 28.3. The van der Waals surface area contributed by atoms with Gasteiger partial charge < -0.3 is 10.1 Å². The van der Waals surface area contributed by atoms with Crippen LogP contribution in [0.2, 0.25) is 0 Å². The summed E-state index contributed by atoms with van der Waals surface area (Å²) in [5, 5.41) is 7.75. The van der Waals surface area contributed by atoms with Crippen molar-refractivity contribution in [3.63, 3.8) is 0 Å². The first kappa shape index (κ1) is 16.9. The lowest BCUT2D eigenvalue weighted by Gasteiger charge is -2.17. The lowest BCUT2D eigenvalue weighted by Crippen LogP contribution is -2.40. The summed E-state index contributed by atoms with van der Waals surface area (Å²) >= 11 is 3.19. The summed E-state index contributed by atoms with van der Waals surface area (Å²) in [6, 6.07) is 4.12. The summed E-state index contributed by atoms with van der Waals surface area (Å²) in [5.41, 5.74) is 0. The van der Waals surface area contributed by atoms with Gasteiger partial charge in [0.15, 0.2) is 6.10 Å². The van der Waals surface area contributed by atoms with Gasteiger partial charge in [0, 0.05) is 6.04 Å². The monoisotopic (exact) mass is 364 g/mol. The standard InChI is InChI=1S/C12H17BrN2O4S/c1-7(2)15-12(16)8(3)19-11-5-4-9(6-10(11)13)20(14,17)18/h4-8H,1-3H3,(H,15,16)(H2,14,17,18). The fourth-order valence-corrected chi connectivity index (χ4v) is 2.56. The van der Waals surface area contributed by atoms with Gasteiger partial charge >= 0.3 is 0 Å². The smallest absolute Gasteiger partial charge is 0.260 e. The average molecular weight is 365 g/mol. The van der Waals surface area contributed by atoms with Gasteiger partial charge in [-0.2, -0.15) is 0 Å². The van der Waals surface area contributed by atoms with E-state index >= 15 is 0 Å². The molecule has 112 valence electrons. The number of hydrogen-bond acceptors (Lipinski definition) is 4. The van der Waals surface area contributed by atoms with Crippen molar-refractivity contribution in [1.82, 2.24) is 5.32 Å². The van der Waals surface area contributed by atoms with Crippen molar-refractivity contribution in [2.75, 3.05) is 0 Å². The van der Waals surface area contributed by atoms with Crippen molar-refractivity contribution in [2.45, 2.75) is 37.8 Å². The number of ether oxygens (including phenoxy) is 1. The number of nitrogens with one attached hydrogen (secondary N) is 1. The van der Waals surface area contributed by atoms with E-state index in [0.717, 1.165) is 0 Å². The Morgan fingerprint density at radius 3 is 2.40 bits per heavy atom. The third-order valence-corrected chi connectivity index (χ3v) is 3.87. The molecule has 0 saturated heterocycles. The van der Waals surface area contributed by atoms with Crippen LogP contribution in [0.1, 0.15) is 20.8 Å². The molecule has 1 rings (SSSR count). The van der Waals surface area contributed by atoms with Gasteiger partial charge in [-0.25, -0.2) is 13.6 Å². The Hall–Kier alpha value is -1.12. The number of sulfonamides is 1. The molecule has 1 aromatic carbocycles. The number of hydrogen-bond donors (Lipinski definition) is 2. The van der Waals surface area contributed by atoms with E-state index in [-0.39, 0.29) is 16.8 Å². The van der Waals surface area contributed by atoms with E-state index in [1.807, 2.05) is 13.8 Å². The van der Waals surface area contributed by atoms with Crippen LogP contribution < -0.4 is 15.2 Å². The van der Waals surface area contributed by atoms with Gasteiger partial charge in [0.2, 0.25) is 10.0 Å². The summed E-state index contributed by atoms with van der Waals surface area (Å²) in [6.45, 7) is 5.31. The molecule has 0 fully saturated rings. The zero-order chi connectivity index (χ0) is 15.5. The van der Waals surface area contributed by atoms with Gasteiger partial charge in [0.25, 0.3) is 5.91 Å². The zero-order valence-corrected chi connectivity index (χ0v) is 13.8. The Kier molecular flexibility index (Phi) is 5.55. The van der Waals surface area contributed by atoms with Crippen LogP contribution in [0.3, 0.4) is 0 Å². The van der Waals surface area contributed by atoms with E-state index < -0.39 is 16.1 Å². The van der Waals surface area contributed by atoms with Crippen molar-refractivity contribution < 1.29 is 17.9 Å². The number of carbonyl (C=O) groups excluding carboxylic acids is 1. The van der Waals surface area contributed by atoms with Crippen molar-refractivity contribution in [2.24, 2.45) is 5.14 Å². The van der Waals surface area contributed by atoms with Crippen molar-refractivity contribution >= 4 is 31.9 Å². The molecule has 0 aliphatic rings. The molecule has 0 aliphatic heterocycles. The minimum atomic E-state index is -3.77. The molecule has 0 aromatic heterocycles. The second-order valence-corrected chi connectivity index (χ2v) is 6.98. The Labute approximate surface area is 126 Å². The highest BCUT2D eigenvalue weighted by atomic mass is 79.9.